The Kier molecular flexibility index (Phi) is 7.40. The Bertz CT molecular complexity index is 1530. The van der Waals surface area contributed by atoms with Gasteiger partial charge >= 0.3 is 0 Å². The van der Waals surface area contributed by atoms with Crippen LogP contribution >= 0.6 is 0 Å². The number of pyridine rings is 1. The van der Waals surface area contributed by atoms with Crippen molar-refractivity contribution in [2.75, 3.05) is 23.7 Å². The van der Waals surface area contributed by atoms with Gasteiger partial charge in [0.1, 0.15) is 11.6 Å². The number of carbonyl (C=O) groups excluding carboxylic acids is 2. The molecule has 0 radical (unpaired) electrons. The number of aliphatic hydroxyl groups is 1. The van der Waals surface area contributed by atoms with Crippen LogP contribution in [0, 0.1) is 5.82 Å². The van der Waals surface area contributed by atoms with Crippen LogP contribution in [0.3, 0.4) is 0 Å². The molecular formula is C31H32FN5O3. The van der Waals surface area contributed by atoms with Crippen LogP contribution in [0.5, 0.6) is 0 Å². The van der Waals surface area contributed by atoms with Gasteiger partial charge in [-0.05, 0) is 62.7 Å². The molecule has 0 aliphatic carbocycles. The monoisotopic (exact) mass is 541 g/mol. The molecule has 0 fully saturated rings. The summed E-state index contributed by atoms with van der Waals surface area (Å²) in [6.45, 7) is 5.82. The third-order valence-electron chi connectivity index (χ3n) is 6.89. The number of aromatic nitrogens is 2. The standard InChI is InChI=1S/C31H32FN5O3/c1-19(20-9-11-22(32)12-10-20)29(38)36-25-17-21(13-15-33-25)27-28(34-23-7-5-4-6-8-23)26-24(35-27)14-16-37(30(26)39)18-31(2,3)40/h4-13,15,17,19,34-35,40H,14,16,18H2,1-3H3,(H,33,36,38). The minimum atomic E-state index is -1.03. The second kappa shape index (κ2) is 10.9. The number of nitrogens with zero attached hydrogens (tertiary/aromatic N) is 2. The van der Waals surface area contributed by atoms with Gasteiger partial charge in [-0.25, -0.2) is 9.37 Å². The normalized spacial score (nSPS) is 14.0. The Morgan fingerprint density at radius 2 is 1.88 bits per heavy atom. The molecular weight excluding hydrogens is 509 g/mol. The van der Waals surface area contributed by atoms with Gasteiger partial charge in [0.05, 0.1) is 28.5 Å². The molecule has 1 aliphatic heterocycles. The van der Waals surface area contributed by atoms with E-state index in [9.17, 15) is 19.1 Å². The van der Waals surface area contributed by atoms with Crippen molar-refractivity contribution in [2.24, 2.45) is 0 Å². The van der Waals surface area contributed by atoms with Crippen LogP contribution in [-0.2, 0) is 11.2 Å². The summed E-state index contributed by atoms with van der Waals surface area (Å²) in [5, 5.41) is 16.6. The van der Waals surface area contributed by atoms with Gasteiger partial charge < -0.3 is 25.6 Å². The first kappa shape index (κ1) is 27.1. The minimum absolute atomic E-state index is 0.167. The van der Waals surface area contributed by atoms with E-state index in [1.807, 2.05) is 36.4 Å². The first-order chi connectivity index (χ1) is 19.1. The highest BCUT2D eigenvalue weighted by molar-refractivity contribution is 6.06. The molecule has 4 aromatic rings. The number of benzene rings is 2. The summed E-state index contributed by atoms with van der Waals surface area (Å²) in [6, 6.07) is 19.0. The van der Waals surface area contributed by atoms with Gasteiger partial charge in [0, 0.05) is 42.7 Å². The predicted molar refractivity (Wildman–Crippen MR) is 153 cm³/mol. The topological polar surface area (TPSA) is 110 Å². The summed E-state index contributed by atoms with van der Waals surface area (Å²) in [5.74, 6) is -0.966. The number of amides is 2. The first-order valence-electron chi connectivity index (χ1n) is 13.2. The zero-order valence-electron chi connectivity index (χ0n) is 22.7. The van der Waals surface area contributed by atoms with Crippen LogP contribution in [0.25, 0.3) is 11.3 Å². The Morgan fingerprint density at radius 3 is 2.58 bits per heavy atom. The van der Waals surface area contributed by atoms with E-state index in [1.54, 1.807) is 50.1 Å². The summed E-state index contributed by atoms with van der Waals surface area (Å²) < 4.78 is 13.3. The maximum absolute atomic E-state index is 13.7. The molecule has 2 amide bonds. The lowest BCUT2D eigenvalue weighted by molar-refractivity contribution is -0.117. The van der Waals surface area contributed by atoms with Crippen molar-refractivity contribution in [3.8, 4) is 11.3 Å². The molecule has 8 nitrogen and oxygen atoms in total. The van der Waals surface area contributed by atoms with E-state index in [4.69, 9.17) is 0 Å². The van der Waals surface area contributed by atoms with Gasteiger partial charge in [0.15, 0.2) is 0 Å². The van der Waals surface area contributed by atoms with Gasteiger partial charge in [-0.15, -0.1) is 0 Å². The average molecular weight is 542 g/mol. The SMILES string of the molecule is CC(C(=O)Nc1cc(-c2[nH]c3c(c2Nc2ccccc2)C(=O)N(CC(C)(C)O)CC3)ccn1)c1ccc(F)cc1. The molecule has 0 spiro atoms. The molecule has 0 saturated heterocycles. The number of nitrogens with one attached hydrogen (secondary N) is 3. The maximum atomic E-state index is 13.7. The fourth-order valence-corrected chi connectivity index (χ4v) is 4.90. The highest BCUT2D eigenvalue weighted by Crippen LogP contribution is 2.38. The van der Waals surface area contributed by atoms with E-state index in [2.05, 4.69) is 20.6 Å². The summed E-state index contributed by atoms with van der Waals surface area (Å²) in [6.07, 6.45) is 2.20. The smallest absolute Gasteiger partial charge is 0.257 e. The molecule has 1 unspecified atom stereocenters. The Balaban J connectivity index is 1.48. The van der Waals surface area contributed by atoms with E-state index in [0.29, 0.717) is 41.3 Å². The van der Waals surface area contributed by atoms with E-state index < -0.39 is 11.5 Å². The maximum Gasteiger partial charge on any atom is 0.257 e. The third-order valence-corrected chi connectivity index (χ3v) is 6.89. The molecule has 40 heavy (non-hydrogen) atoms. The predicted octanol–water partition coefficient (Wildman–Crippen LogP) is 5.47. The summed E-state index contributed by atoms with van der Waals surface area (Å²) in [4.78, 5) is 36.1. The molecule has 1 aliphatic rings. The number of hydrogen-bond acceptors (Lipinski definition) is 5. The number of anilines is 3. The summed E-state index contributed by atoms with van der Waals surface area (Å²) in [5.41, 5.74) is 3.85. The zero-order valence-corrected chi connectivity index (χ0v) is 22.7. The number of halogens is 1. The molecule has 1 atom stereocenters. The van der Waals surface area contributed by atoms with Crippen molar-refractivity contribution in [1.29, 1.82) is 0 Å². The molecule has 0 saturated carbocycles. The molecule has 206 valence electrons. The van der Waals surface area contributed by atoms with Crippen molar-refractivity contribution in [2.45, 2.75) is 38.7 Å². The number of para-hydroxylation sites is 1. The van der Waals surface area contributed by atoms with Crippen LogP contribution in [-0.4, -0.2) is 50.5 Å². The fourth-order valence-electron chi connectivity index (χ4n) is 4.90. The Hall–Kier alpha value is -4.50. The van der Waals surface area contributed by atoms with E-state index in [0.717, 1.165) is 16.9 Å². The second-order valence-electron chi connectivity index (χ2n) is 10.7. The van der Waals surface area contributed by atoms with Gasteiger partial charge in [-0.2, -0.15) is 0 Å². The first-order valence-corrected chi connectivity index (χ1v) is 13.2. The van der Waals surface area contributed by atoms with Crippen molar-refractivity contribution >= 4 is 29.0 Å². The molecule has 2 aromatic heterocycles. The van der Waals surface area contributed by atoms with Gasteiger partial charge in [0.2, 0.25) is 5.91 Å². The number of carbonyl (C=O) groups is 2. The average Bonchev–Trinajstić information content (AvgIpc) is 3.29. The van der Waals surface area contributed by atoms with E-state index in [1.165, 1.54) is 12.1 Å². The number of hydrogen-bond donors (Lipinski definition) is 4. The Labute approximate surface area is 232 Å². The molecule has 5 rings (SSSR count). The number of H-pyrrole nitrogens is 1. The molecule has 2 aromatic carbocycles. The van der Waals surface area contributed by atoms with Crippen LogP contribution in [0.4, 0.5) is 21.6 Å². The minimum Gasteiger partial charge on any atom is -0.389 e. The largest absolute Gasteiger partial charge is 0.389 e. The van der Waals surface area contributed by atoms with Gasteiger partial charge in [-0.3, -0.25) is 9.59 Å². The van der Waals surface area contributed by atoms with Gasteiger partial charge in [0.25, 0.3) is 5.91 Å². The Morgan fingerprint density at radius 1 is 1.15 bits per heavy atom. The molecule has 3 heterocycles. The third kappa shape index (κ3) is 5.89. The van der Waals surface area contributed by atoms with E-state index in [-0.39, 0.29) is 24.2 Å². The lowest BCUT2D eigenvalue weighted by Crippen LogP contribution is -2.45. The zero-order chi connectivity index (χ0) is 28.4. The number of fused-ring (bicyclic) bond motifs is 1. The fraction of sp³-hybridized carbons (Fsp3) is 0.258. The highest BCUT2D eigenvalue weighted by Gasteiger charge is 2.34. The number of rotatable bonds is 8. The number of β-amino-alcohol motifs (C(OH)–C–C–N with tert-alkyl or cyclic N) is 1. The molecule has 4 N–H and O–H groups in total. The highest BCUT2D eigenvalue weighted by atomic mass is 19.1. The van der Waals surface area contributed by atoms with E-state index >= 15 is 0 Å². The van der Waals surface area contributed by atoms with Crippen LogP contribution < -0.4 is 10.6 Å². The van der Waals surface area contributed by atoms with Crippen molar-refractivity contribution in [1.82, 2.24) is 14.9 Å². The van der Waals surface area contributed by atoms with Crippen LogP contribution in [0.15, 0.2) is 72.9 Å². The van der Waals surface area contributed by atoms with Crippen LogP contribution in [0.1, 0.15) is 48.3 Å². The van der Waals surface area contributed by atoms with Gasteiger partial charge in [-0.1, -0.05) is 30.3 Å². The molecule has 0 bridgehead atoms. The lowest BCUT2D eigenvalue weighted by atomic mass is 10.0. The quantitative estimate of drug-likeness (QED) is 0.236. The number of aromatic amines is 1. The van der Waals surface area contributed by atoms with Crippen molar-refractivity contribution in [3.05, 3.63) is 95.6 Å². The van der Waals surface area contributed by atoms with Crippen LogP contribution in [0.2, 0.25) is 0 Å². The van der Waals surface area contributed by atoms with Crippen molar-refractivity contribution < 1.29 is 19.1 Å². The molecule has 9 heteroatoms. The summed E-state index contributed by atoms with van der Waals surface area (Å²) >= 11 is 0. The lowest BCUT2D eigenvalue weighted by Gasteiger charge is -2.32. The van der Waals surface area contributed by atoms with Crippen molar-refractivity contribution in [3.63, 3.8) is 0 Å². The summed E-state index contributed by atoms with van der Waals surface area (Å²) in [7, 11) is 0. The second-order valence-corrected chi connectivity index (χ2v) is 10.7.